The minimum Gasteiger partial charge on any atom is -0.494 e. The highest BCUT2D eigenvalue weighted by atomic mass is 16.5. The molecule has 6 heteroatoms. The minimum absolute atomic E-state index is 0.0625. The number of morpholine rings is 1. The second-order valence-corrected chi connectivity index (χ2v) is 4.41. The number of aliphatic carboxylic acids is 1. The Hall–Kier alpha value is -2.08. The van der Waals surface area contributed by atoms with E-state index in [1.54, 1.807) is 24.3 Å². The van der Waals surface area contributed by atoms with Crippen molar-refractivity contribution in [2.45, 2.75) is 13.0 Å². The van der Waals surface area contributed by atoms with Gasteiger partial charge in [-0.1, -0.05) is 6.07 Å². The van der Waals surface area contributed by atoms with Crippen molar-refractivity contribution in [3.63, 3.8) is 0 Å². The van der Waals surface area contributed by atoms with Crippen molar-refractivity contribution >= 4 is 11.9 Å². The summed E-state index contributed by atoms with van der Waals surface area (Å²) < 4.78 is 10.5. The number of nitrogens with zero attached hydrogens (tertiary/aromatic N) is 1. The first-order chi connectivity index (χ1) is 9.61. The summed E-state index contributed by atoms with van der Waals surface area (Å²) >= 11 is 0. The van der Waals surface area contributed by atoms with Gasteiger partial charge in [-0.15, -0.1) is 0 Å². The number of carboxylic acid groups (broad SMARTS) is 1. The van der Waals surface area contributed by atoms with Gasteiger partial charge in [0.1, 0.15) is 5.75 Å². The molecule has 1 aliphatic heterocycles. The third kappa shape index (κ3) is 3.27. The number of ether oxygens (including phenoxy) is 2. The Morgan fingerprint density at radius 2 is 2.30 bits per heavy atom. The molecule has 0 aliphatic carbocycles. The fraction of sp³-hybridized carbons (Fsp3) is 0.429. The molecule has 1 fully saturated rings. The first-order valence-electron chi connectivity index (χ1n) is 6.48. The Kier molecular flexibility index (Phi) is 4.57. The van der Waals surface area contributed by atoms with Gasteiger partial charge in [0.25, 0.3) is 5.91 Å². The molecule has 1 aromatic carbocycles. The summed E-state index contributed by atoms with van der Waals surface area (Å²) in [7, 11) is 0. The third-order valence-electron chi connectivity index (χ3n) is 3.02. The Morgan fingerprint density at radius 3 is 3.00 bits per heavy atom. The summed E-state index contributed by atoms with van der Waals surface area (Å²) in [6, 6.07) is 6.88. The van der Waals surface area contributed by atoms with Gasteiger partial charge >= 0.3 is 5.97 Å². The Bertz CT molecular complexity index is 502. The van der Waals surface area contributed by atoms with Gasteiger partial charge in [-0.2, -0.15) is 0 Å². The molecule has 0 saturated carbocycles. The standard InChI is InChI=1S/C14H17NO5/c1-2-19-11-5-3-4-10(8-11)13(16)15-6-7-20-12(9-15)14(17)18/h3-5,8,12H,2,6-7,9H2,1H3,(H,17,18)/t12-/m1/s1. The van der Waals surface area contributed by atoms with Crippen LogP contribution in [0.15, 0.2) is 24.3 Å². The van der Waals surface area contributed by atoms with E-state index in [9.17, 15) is 9.59 Å². The number of carboxylic acids is 1. The molecular weight excluding hydrogens is 262 g/mol. The van der Waals surface area contributed by atoms with E-state index in [0.29, 0.717) is 24.5 Å². The van der Waals surface area contributed by atoms with E-state index in [0.717, 1.165) is 0 Å². The number of hydrogen-bond donors (Lipinski definition) is 1. The van der Waals surface area contributed by atoms with E-state index in [4.69, 9.17) is 14.6 Å². The van der Waals surface area contributed by atoms with E-state index < -0.39 is 12.1 Å². The zero-order valence-electron chi connectivity index (χ0n) is 11.2. The zero-order valence-corrected chi connectivity index (χ0v) is 11.2. The van der Waals surface area contributed by atoms with Gasteiger partial charge in [-0.05, 0) is 25.1 Å². The third-order valence-corrected chi connectivity index (χ3v) is 3.02. The Labute approximate surface area is 116 Å². The van der Waals surface area contributed by atoms with Crippen molar-refractivity contribution in [1.29, 1.82) is 0 Å². The quantitative estimate of drug-likeness (QED) is 0.890. The summed E-state index contributed by atoms with van der Waals surface area (Å²) in [6.45, 7) is 3.08. The van der Waals surface area contributed by atoms with E-state index in [1.807, 2.05) is 6.92 Å². The zero-order chi connectivity index (χ0) is 14.5. The molecule has 0 bridgehead atoms. The van der Waals surface area contributed by atoms with Crippen molar-refractivity contribution in [2.75, 3.05) is 26.3 Å². The second-order valence-electron chi connectivity index (χ2n) is 4.41. The first-order valence-corrected chi connectivity index (χ1v) is 6.48. The number of hydrogen-bond acceptors (Lipinski definition) is 4. The van der Waals surface area contributed by atoms with Gasteiger partial charge in [0.15, 0.2) is 6.10 Å². The van der Waals surface area contributed by atoms with Crippen LogP contribution in [0.3, 0.4) is 0 Å². The molecule has 1 heterocycles. The molecule has 1 aliphatic rings. The van der Waals surface area contributed by atoms with Crippen molar-refractivity contribution < 1.29 is 24.2 Å². The van der Waals surface area contributed by atoms with Crippen LogP contribution in [0.1, 0.15) is 17.3 Å². The first kappa shape index (κ1) is 14.3. The monoisotopic (exact) mass is 279 g/mol. The maximum absolute atomic E-state index is 12.3. The van der Waals surface area contributed by atoms with Crippen LogP contribution in [-0.4, -0.2) is 54.3 Å². The average molecular weight is 279 g/mol. The van der Waals surface area contributed by atoms with E-state index in [2.05, 4.69) is 0 Å². The van der Waals surface area contributed by atoms with E-state index in [1.165, 1.54) is 4.90 Å². The molecule has 1 aromatic rings. The molecular formula is C14H17NO5. The van der Waals surface area contributed by atoms with Crippen LogP contribution in [0, 0.1) is 0 Å². The van der Waals surface area contributed by atoms with E-state index >= 15 is 0 Å². The summed E-state index contributed by atoms with van der Waals surface area (Å²) in [6.07, 6.45) is -0.956. The lowest BCUT2D eigenvalue weighted by molar-refractivity contribution is -0.154. The predicted molar refractivity (Wildman–Crippen MR) is 70.9 cm³/mol. The highest BCUT2D eigenvalue weighted by Gasteiger charge is 2.29. The van der Waals surface area contributed by atoms with Crippen LogP contribution in [-0.2, 0) is 9.53 Å². The number of benzene rings is 1. The molecule has 2 rings (SSSR count). The van der Waals surface area contributed by atoms with Crippen LogP contribution in [0.25, 0.3) is 0 Å². The van der Waals surface area contributed by atoms with Crippen LogP contribution in [0.5, 0.6) is 5.75 Å². The summed E-state index contributed by atoms with van der Waals surface area (Å²) in [5.74, 6) is -0.631. The van der Waals surface area contributed by atoms with Crippen molar-refractivity contribution in [3.05, 3.63) is 29.8 Å². The summed E-state index contributed by atoms with van der Waals surface area (Å²) in [5, 5.41) is 8.94. The number of amides is 1. The topological polar surface area (TPSA) is 76.1 Å². The number of carbonyl (C=O) groups is 2. The Balaban J connectivity index is 2.10. The molecule has 1 atom stereocenters. The Morgan fingerprint density at radius 1 is 1.50 bits per heavy atom. The largest absolute Gasteiger partial charge is 0.494 e. The molecule has 20 heavy (non-hydrogen) atoms. The SMILES string of the molecule is CCOc1cccc(C(=O)N2CCO[C@@H](C(=O)O)C2)c1. The van der Waals surface area contributed by atoms with Crippen molar-refractivity contribution in [1.82, 2.24) is 4.90 Å². The second kappa shape index (κ2) is 6.38. The van der Waals surface area contributed by atoms with Crippen LogP contribution >= 0.6 is 0 Å². The molecule has 1 N–H and O–H groups in total. The maximum Gasteiger partial charge on any atom is 0.334 e. The molecule has 1 saturated heterocycles. The highest BCUT2D eigenvalue weighted by molar-refractivity contribution is 5.95. The van der Waals surface area contributed by atoms with Crippen LogP contribution in [0.2, 0.25) is 0 Å². The van der Waals surface area contributed by atoms with Gasteiger partial charge in [0, 0.05) is 12.1 Å². The number of carbonyl (C=O) groups excluding carboxylic acids is 1. The normalized spacial score (nSPS) is 18.6. The van der Waals surface area contributed by atoms with Crippen LogP contribution in [0.4, 0.5) is 0 Å². The fourth-order valence-corrected chi connectivity index (χ4v) is 2.05. The molecule has 108 valence electrons. The highest BCUT2D eigenvalue weighted by Crippen LogP contribution is 2.16. The lowest BCUT2D eigenvalue weighted by Crippen LogP contribution is -2.48. The van der Waals surface area contributed by atoms with E-state index in [-0.39, 0.29) is 19.1 Å². The molecule has 0 spiro atoms. The van der Waals surface area contributed by atoms with Gasteiger partial charge < -0.3 is 19.5 Å². The lowest BCUT2D eigenvalue weighted by atomic mass is 10.1. The minimum atomic E-state index is -1.05. The maximum atomic E-state index is 12.3. The fourth-order valence-electron chi connectivity index (χ4n) is 2.05. The summed E-state index contributed by atoms with van der Waals surface area (Å²) in [5.41, 5.74) is 0.488. The molecule has 0 unspecified atom stereocenters. The molecule has 6 nitrogen and oxygen atoms in total. The van der Waals surface area contributed by atoms with Crippen molar-refractivity contribution in [2.24, 2.45) is 0 Å². The molecule has 0 radical (unpaired) electrons. The summed E-state index contributed by atoms with van der Waals surface area (Å²) in [4.78, 5) is 24.8. The number of rotatable bonds is 4. The lowest BCUT2D eigenvalue weighted by Gasteiger charge is -2.31. The van der Waals surface area contributed by atoms with Gasteiger partial charge in [0.2, 0.25) is 0 Å². The molecule has 1 amide bonds. The smallest absolute Gasteiger partial charge is 0.334 e. The van der Waals surface area contributed by atoms with Crippen molar-refractivity contribution in [3.8, 4) is 5.75 Å². The predicted octanol–water partition coefficient (Wildman–Crippen LogP) is 1.01. The van der Waals surface area contributed by atoms with Crippen LogP contribution < -0.4 is 4.74 Å². The molecule has 0 aromatic heterocycles. The average Bonchev–Trinajstić information content (AvgIpc) is 2.47. The van der Waals surface area contributed by atoms with Gasteiger partial charge in [-0.3, -0.25) is 4.79 Å². The van der Waals surface area contributed by atoms with Gasteiger partial charge in [0.05, 0.1) is 19.8 Å². The van der Waals surface area contributed by atoms with Gasteiger partial charge in [-0.25, -0.2) is 4.79 Å².